The van der Waals surface area contributed by atoms with Gasteiger partial charge in [0.1, 0.15) is 0 Å². The van der Waals surface area contributed by atoms with Crippen molar-refractivity contribution in [2.75, 3.05) is 4.90 Å². The summed E-state index contributed by atoms with van der Waals surface area (Å²) in [4.78, 5) is 26.0. The maximum atomic E-state index is 12.9. The first-order valence-corrected chi connectivity index (χ1v) is 7.79. The van der Waals surface area contributed by atoms with Gasteiger partial charge in [-0.25, -0.2) is 0 Å². The van der Waals surface area contributed by atoms with Crippen LogP contribution in [0, 0.1) is 0 Å². The maximum absolute atomic E-state index is 12.9. The van der Waals surface area contributed by atoms with Crippen molar-refractivity contribution in [3.63, 3.8) is 0 Å². The van der Waals surface area contributed by atoms with Gasteiger partial charge in [-0.05, 0) is 42.3 Å². The summed E-state index contributed by atoms with van der Waals surface area (Å²) >= 11 is 5.94. The monoisotopic (exact) mass is 329 g/mol. The molecule has 3 rings (SSSR count). The highest BCUT2D eigenvalue weighted by atomic mass is 35.5. The van der Waals surface area contributed by atoms with Crippen molar-refractivity contribution in [2.45, 2.75) is 25.3 Å². The molecule has 0 aliphatic carbocycles. The summed E-state index contributed by atoms with van der Waals surface area (Å²) in [6, 6.07) is 14.1. The number of carbonyl (C=O) groups is 2. The third kappa shape index (κ3) is 2.39. The lowest BCUT2D eigenvalue weighted by Gasteiger charge is -2.37. The second kappa shape index (κ2) is 5.70. The first kappa shape index (κ1) is 15.6. The van der Waals surface area contributed by atoms with Crippen LogP contribution in [-0.4, -0.2) is 17.0 Å². The van der Waals surface area contributed by atoms with E-state index in [1.54, 1.807) is 41.3 Å². The van der Waals surface area contributed by atoms with Crippen molar-refractivity contribution >= 4 is 29.2 Å². The number of carboxylic acid groups (broad SMARTS) is 1. The Hall–Kier alpha value is -2.33. The number of carbonyl (C=O) groups excluding carboxylic acids is 1. The van der Waals surface area contributed by atoms with E-state index in [1.165, 1.54) is 0 Å². The second-order valence-corrected chi connectivity index (χ2v) is 6.05. The third-order valence-corrected chi connectivity index (χ3v) is 4.66. The van der Waals surface area contributed by atoms with Gasteiger partial charge in [0.25, 0.3) is 5.91 Å². The smallest absolute Gasteiger partial charge is 0.306 e. The quantitative estimate of drug-likeness (QED) is 0.919. The molecule has 1 N–H and O–H groups in total. The molecule has 0 radical (unpaired) electrons. The Morgan fingerprint density at radius 2 is 1.83 bits per heavy atom. The van der Waals surface area contributed by atoms with E-state index < -0.39 is 11.5 Å². The van der Waals surface area contributed by atoms with Crippen molar-refractivity contribution in [3.05, 3.63) is 64.7 Å². The van der Waals surface area contributed by atoms with E-state index in [0.717, 1.165) is 5.56 Å². The summed E-state index contributed by atoms with van der Waals surface area (Å²) < 4.78 is 0. The van der Waals surface area contributed by atoms with Gasteiger partial charge in [0.05, 0.1) is 12.0 Å². The van der Waals surface area contributed by atoms with Gasteiger partial charge in [-0.3, -0.25) is 14.5 Å². The molecule has 1 heterocycles. The molecule has 1 atom stereocenters. The SMILES string of the molecule is CCC1(CC(=O)O)c2ccccc2C(=O)N1c1ccc(Cl)cc1. The van der Waals surface area contributed by atoms with Crippen molar-refractivity contribution in [2.24, 2.45) is 0 Å². The number of carboxylic acids is 1. The van der Waals surface area contributed by atoms with E-state index in [9.17, 15) is 14.7 Å². The number of halogens is 1. The minimum atomic E-state index is -0.935. The van der Waals surface area contributed by atoms with E-state index in [2.05, 4.69) is 0 Å². The highest BCUT2D eigenvalue weighted by Gasteiger charge is 2.50. The third-order valence-electron chi connectivity index (χ3n) is 4.40. The van der Waals surface area contributed by atoms with Crippen molar-refractivity contribution < 1.29 is 14.7 Å². The van der Waals surface area contributed by atoms with Gasteiger partial charge in [0, 0.05) is 16.3 Å². The molecule has 5 heteroatoms. The number of hydrogen-bond acceptors (Lipinski definition) is 2. The average molecular weight is 330 g/mol. The lowest BCUT2D eigenvalue weighted by molar-refractivity contribution is -0.138. The van der Waals surface area contributed by atoms with Crippen LogP contribution < -0.4 is 4.90 Å². The molecule has 23 heavy (non-hydrogen) atoms. The normalized spacial score (nSPS) is 19.7. The number of rotatable bonds is 4. The van der Waals surface area contributed by atoms with Crippen LogP contribution in [0.2, 0.25) is 5.02 Å². The zero-order chi connectivity index (χ0) is 16.6. The molecular formula is C18H16ClNO3. The van der Waals surface area contributed by atoms with Crippen molar-refractivity contribution in [1.82, 2.24) is 0 Å². The minimum absolute atomic E-state index is 0.144. The standard InChI is InChI=1S/C18H16ClNO3/c1-2-18(11-16(21)22)15-6-4-3-5-14(15)17(23)20(18)13-9-7-12(19)8-10-13/h3-10H,2,11H2,1H3,(H,21,22). The number of nitrogens with zero attached hydrogens (tertiary/aromatic N) is 1. The number of aliphatic carboxylic acids is 1. The van der Waals surface area contributed by atoms with Crippen LogP contribution in [0.5, 0.6) is 0 Å². The van der Waals surface area contributed by atoms with Gasteiger partial charge in [0.2, 0.25) is 0 Å². The van der Waals surface area contributed by atoms with Crippen LogP contribution in [0.1, 0.15) is 35.7 Å². The number of hydrogen-bond donors (Lipinski definition) is 1. The summed E-state index contributed by atoms with van der Waals surface area (Å²) in [5.74, 6) is -1.11. The highest BCUT2D eigenvalue weighted by Crippen LogP contribution is 2.46. The summed E-state index contributed by atoms with van der Waals surface area (Å²) in [6.45, 7) is 1.90. The summed E-state index contributed by atoms with van der Waals surface area (Å²) in [5.41, 5.74) is 1.10. The Bertz CT molecular complexity index is 772. The summed E-state index contributed by atoms with van der Waals surface area (Å²) in [5, 5.41) is 10.00. The van der Waals surface area contributed by atoms with E-state index >= 15 is 0 Å². The highest BCUT2D eigenvalue weighted by molar-refractivity contribution is 6.30. The lowest BCUT2D eigenvalue weighted by Crippen LogP contribution is -2.45. The topological polar surface area (TPSA) is 57.6 Å². The fourth-order valence-electron chi connectivity index (χ4n) is 3.36. The van der Waals surface area contributed by atoms with Gasteiger partial charge >= 0.3 is 5.97 Å². The Morgan fingerprint density at radius 1 is 1.17 bits per heavy atom. The molecule has 0 aromatic heterocycles. The Balaban J connectivity index is 2.22. The largest absolute Gasteiger partial charge is 0.481 e. The van der Waals surface area contributed by atoms with Crippen LogP contribution in [0.25, 0.3) is 0 Å². The van der Waals surface area contributed by atoms with Crippen LogP contribution in [0.3, 0.4) is 0 Å². The van der Waals surface area contributed by atoms with Gasteiger partial charge < -0.3 is 5.11 Å². The van der Waals surface area contributed by atoms with E-state index in [-0.39, 0.29) is 12.3 Å². The number of anilines is 1. The molecule has 0 saturated heterocycles. The molecule has 1 aliphatic heterocycles. The minimum Gasteiger partial charge on any atom is -0.481 e. The number of amides is 1. The molecule has 1 amide bonds. The molecule has 0 saturated carbocycles. The Kier molecular flexibility index (Phi) is 3.86. The molecule has 2 aromatic carbocycles. The first-order chi connectivity index (χ1) is 11.0. The van der Waals surface area contributed by atoms with Crippen molar-refractivity contribution in [1.29, 1.82) is 0 Å². The van der Waals surface area contributed by atoms with Gasteiger partial charge in [-0.15, -0.1) is 0 Å². The molecule has 4 nitrogen and oxygen atoms in total. The molecule has 0 bridgehead atoms. The molecule has 1 unspecified atom stereocenters. The number of fused-ring (bicyclic) bond motifs is 1. The average Bonchev–Trinajstić information content (AvgIpc) is 2.78. The van der Waals surface area contributed by atoms with Crippen LogP contribution in [-0.2, 0) is 10.3 Å². The summed E-state index contributed by atoms with van der Waals surface area (Å²) in [6.07, 6.45) is 0.361. The lowest BCUT2D eigenvalue weighted by atomic mass is 9.83. The van der Waals surface area contributed by atoms with Crippen LogP contribution in [0.15, 0.2) is 48.5 Å². The van der Waals surface area contributed by atoms with Gasteiger partial charge in [0.15, 0.2) is 0 Å². The van der Waals surface area contributed by atoms with E-state index in [0.29, 0.717) is 22.7 Å². The Labute approximate surface area is 139 Å². The fourth-order valence-corrected chi connectivity index (χ4v) is 3.49. The summed E-state index contributed by atoms with van der Waals surface area (Å²) in [7, 11) is 0. The van der Waals surface area contributed by atoms with E-state index in [4.69, 9.17) is 11.6 Å². The second-order valence-electron chi connectivity index (χ2n) is 5.62. The molecule has 2 aromatic rings. The van der Waals surface area contributed by atoms with E-state index in [1.807, 2.05) is 19.1 Å². The predicted molar refractivity (Wildman–Crippen MR) is 88.9 cm³/mol. The zero-order valence-corrected chi connectivity index (χ0v) is 13.4. The van der Waals surface area contributed by atoms with Crippen molar-refractivity contribution in [3.8, 4) is 0 Å². The van der Waals surface area contributed by atoms with Crippen LogP contribution >= 0.6 is 11.6 Å². The predicted octanol–water partition coefficient (Wildman–Crippen LogP) is 4.08. The number of benzene rings is 2. The molecule has 0 fully saturated rings. The molecule has 1 aliphatic rings. The van der Waals surface area contributed by atoms with Crippen LogP contribution in [0.4, 0.5) is 5.69 Å². The van der Waals surface area contributed by atoms with Gasteiger partial charge in [-0.1, -0.05) is 36.7 Å². The molecule has 0 spiro atoms. The van der Waals surface area contributed by atoms with Gasteiger partial charge in [-0.2, -0.15) is 0 Å². The Morgan fingerprint density at radius 3 is 2.43 bits per heavy atom. The zero-order valence-electron chi connectivity index (χ0n) is 12.6. The maximum Gasteiger partial charge on any atom is 0.306 e. The fraction of sp³-hybridized carbons (Fsp3) is 0.222. The molecular weight excluding hydrogens is 314 g/mol. The molecule has 118 valence electrons. The first-order valence-electron chi connectivity index (χ1n) is 7.41.